The number of nitrogens with zero attached hydrogens (tertiary/aromatic N) is 2. The van der Waals surface area contributed by atoms with Gasteiger partial charge in [-0.2, -0.15) is 0 Å². The molecule has 1 aliphatic heterocycles. The third-order valence-electron chi connectivity index (χ3n) is 5.73. The number of hydrogen-bond acceptors (Lipinski definition) is 5. The van der Waals surface area contributed by atoms with E-state index in [-0.39, 0.29) is 5.91 Å². The Morgan fingerprint density at radius 2 is 1.93 bits per heavy atom. The summed E-state index contributed by atoms with van der Waals surface area (Å²) in [4.78, 5) is 14.7. The second-order valence-electron chi connectivity index (χ2n) is 7.96. The van der Waals surface area contributed by atoms with Crippen molar-refractivity contribution < 1.29 is 14.1 Å². The zero-order chi connectivity index (χ0) is 19.6. The molecule has 0 bridgehead atoms. The van der Waals surface area contributed by atoms with Crippen LogP contribution in [0.3, 0.4) is 0 Å². The molecule has 1 saturated carbocycles. The van der Waals surface area contributed by atoms with Crippen molar-refractivity contribution in [2.45, 2.75) is 19.4 Å². The highest BCUT2D eigenvalue weighted by Gasteiger charge is 2.22. The number of fused-ring (bicyclic) bond motifs is 1. The number of benzene rings is 2. The van der Waals surface area contributed by atoms with E-state index in [0.29, 0.717) is 11.5 Å². The Morgan fingerprint density at radius 3 is 2.76 bits per heavy atom. The topological polar surface area (TPSA) is 67.6 Å². The van der Waals surface area contributed by atoms with E-state index < -0.39 is 0 Å². The van der Waals surface area contributed by atoms with Crippen LogP contribution in [0.4, 0.5) is 0 Å². The van der Waals surface area contributed by atoms with Crippen molar-refractivity contribution in [3.05, 3.63) is 53.7 Å². The van der Waals surface area contributed by atoms with E-state index in [9.17, 15) is 4.79 Å². The Bertz CT molecular complexity index is 1020. The highest BCUT2D eigenvalue weighted by Crippen LogP contribution is 2.29. The van der Waals surface area contributed by atoms with Gasteiger partial charge in [0, 0.05) is 37.1 Å². The van der Waals surface area contributed by atoms with Crippen LogP contribution < -0.4 is 5.32 Å². The summed E-state index contributed by atoms with van der Waals surface area (Å²) in [6, 6.07) is 13.9. The van der Waals surface area contributed by atoms with Gasteiger partial charge in [0.25, 0.3) is 5.91 Å². The molecule has 0 unspecified atom stereocenters. The summed E-state index contributed by atoms with van der Waals surface area (Å²) in [5.74, 6) is 0.662. The lowest BCUT2D eigenvalue weighted by Gasteiger charge is -2.25. The summed E-state index contributed by atoms with van der Waals surface area (Å²) < 4.78 is 11.0. The summed E-state index contributed by atoms with van der Waals surface area (Å²) in [5, 5.41) is 8.37. The summed E-state index contributed by atoms with van der Waals surface area (Å²) in [6.07, 6.45) is 2.45. The number of rotatable bonds is 6. The first-order chi connectivity index (χ1) is 14.3. The Labute approximate surface area is 169 Å². The molecule has 2 fully saturated rings. The summed E-state index contributed by atoms with van der Waals surface area (Å²) in [5.41, 5.74) is 4.44. The fourth-order valence-electron chi connectivity index (χ4n) is 3.76. The molecule has 1 aromatic heterocycles. The summed E-state index contributed by atoms with van der Waals surface area (Å²) >= 11 is 0. The summed E-state index contributed by atoms with van der Waals surface area (Å²) in [7, 11) is 0. The minimum Gasteiger partial charge on any atom is -0.379 e. The molecule has 6 heteroatoms. The quantitative estimate of drug-likeness (QED) is 0.697. The lowest BCUT2D eigenvalue weighted by molar-refractivity contribution is 0.0334. The van der Waals surface area contributed by atoms with Gasteiger partial charge in [-0.1, -0.05) is 23.4 Å². The van der Waals surface area contributed by atoms with Gasteiger partial charge in [-0.15, -0.1) is 0 Å². The lowest BCUT2D eigenvalue weighted by Crippen LogP contribution is -2.35. The molecular formula is C23H25N3O3. The van der Waals surface area contributed by atoms with Gasteiger partial charge in [-0.05, 0) is 54.2 Å². The van der Waals surface area contributed by atoms with E-state index >= 15 is 0 Å². The number of carbonyl (C=O) groups excluding carboxylic acids is 1. The van der Waals surface area contributed by atoms with Gasteiger partial charge in [-0.3, -0.25) is 9.69 Å². The van der Waals surface area contributed by atoms with Crippen LogP contribution in [0.25, 0.3) is 22.1 Å². The molecule has 1 amide bonds. The zero-order valence-electron chi connectivity index (χ0n) is 16.4. The monoisotopic (exact) mass is 391 g/mol. The van der Waals surface area contributed by atoms with E-state index in [1.165, 1.54) is 12.8 Å². The Morgan fingerprint density at radius 1 is 1.10 bits per heavy atom. The third-order valence-corrected chi connectivity index (χ3v) is 5.73. The Hall–Kier alpha value is -2.70. The fourth-order valence-corrected chi connectivity index (χ4v) is 3.76. The van der Waals surface area contributed by atoms with Crippen LogP contribution in [-0.2, 0) is 11.3 Å². The molecule has 1 N–H and O–H groups in total. The third kappa shape index (κ3) is 4.18. The van der Waals surface area contributed by atoms with E-state index in [1.807, 2.05) is 30.3 Å². The molecule has 1 saturated heterocycles. The smallest absolute Gasteiger partial charge is 0.251 e. The first-order valence-corrected chi connectivity index (χ1v) is 10.3. The van der Waals surface area contributed by atoms with Gasteiger partial charge in [0.2, 0.25) is 0 Å². The second-order valence-corrected chi connectivity index (χ2v) is 7.96. The fraction of sp³-hybridized carbons (Fsp3) is 0.391. The van der Waals surface area contributed by atoms with E-state index in [4.69, 9.17) is 9.26 Å². The van der Waals surface area contributed by atoms with Crippen molar-refractivity contribution in [2.24, 2.45) is 5.92 Å². The average Bonchev–Trinajstić information content (AvgIpc) is 3.53. The van der Waals surface area contributed by atoms with E-state index in [0.717, 1.165) is 67.2 Å². The SMILES string of the molecule is O=C(NCC1CC1)c1cccc(-c2ccc3c(CN4CCOCC4)noc3c2)c1. The van der Waals surface area contributed by atoms with Crippen molar-refractivity contribution in [3.63, 3.8) is 0 Å². The van der Waals surface area contributed by atoms with Gasteiger partial charge in [0.05, 0.1) is 13.2 Å². The summed E-state index contributed by atoms with van der Waals surface area (Å²) in [6.45, 7) is 4.92. The molecule has 1 aliphatic carbocycles. The number of amides is 1. The normalized spacial score (nSPS) is 17.5. The minimum atomic E-state index is -0.00714. The Balaban J connectivity index is 1.35. The van der Waals surface area contributed by atoms with Gasteiger partial charge < -0.3 is 14.6 Å². The maximum absolute atomic E-state index is 12.4. The van der Waals surface area contributed by atoms with Crippen LogP contribution in [0.2, 0.25) is 0 Å². The first kappa shape index (κ1) is 18.3. The average molecular weight is 391 g/mol. The number of ether oxygens (including phenoxy) is 1. The van der Waals surface area contributed by atoms with E-state index in [2.05, 4.69) is 27.5 Å². The van der Waals surface area contributed by atoms with E-state index in [1.54, 1.807) is 0 Å². The predicted octanol–water partition coefficient (Wildman–Crippen LogP) is 3.47. The highest BCUT2D eigenvalue weighted by atomic mass is 16.5. The molecule has 2 aliphatic rings. The number of carbonyl (C=O) groups is 1. The lowest BCUT2D eigenvalue weighted by atomic mass is 10.0. The molecule has 0 atom stereocenters. The van der Waals surface area contributed by atoms with Gasteiger partial charge in [0.15, 0.2) is 5.58 Å². The maximum Gasteiger partial charge on any atom is 0.251 e. The molecular weight excluding hydrogens is 366 g/mol. The van der Waals surface area contributed by atoms with Gasteiger partial charge >= 0.3 is 0 Å². The van der Waals surface area contributed by atoms with Crippen LogP contribution in [0, 0.1) is 5.92 Å². The van der Waals surface area contributed by atoms with Crippen LogP contribution in [-0.4, -0.2) is 48.8 Å². The molecule has 150 valence electrons. The molecule has 3 aromatic rings. The molecule has 5 rings (SSSR count). The van der Waals surface area contributed by atoms with Crippen LogP contribution in [0.1, 0.15) is 28.9 Å². The zero-order valence-corrected chi connectivity index (χ0v) is 16.4. The van der Waals surface area contributed by atoms with Crippen molar-refractivity contribution >= 4 is 16.9 Å². The molecule has 2 heterocycles. The van der Waals surface area contributed by atoms with Crippen molar-refractivity contribution in [1.82, 2.24) is 15.4 Å². The number of aromatic nitrogens is 1. The molecule has 0 spiro atoms. The van der Waals surface area contributed by atoms with Gasteiger partial charge in [-0.25, -0.2) is 0 Å². The predicted molar refractivity (Wildman–Crippen MR) is 111 cm³/mol. The van der Waals surface area contributed by atoms with Crippen LogP contribution in [0.5, 0.6) is 0 Å². The van der Waals surface area contributed by atoms with Crippen molar-refractivity contribution in [2.75, 3.05) is 32.8 Å². The van der Waals surface area contributed by atoms with Crippen LogP contribution >= 0.6 is 0 Å². The van der Waals surface area contributed by atoms with Crippen LogP contribution in [0.15, 0.2) is 47.0 Å². The molecule has 6 nitrogen and oxygen atoms in total. The van der Waals surface area contributed by atoms with Crippen molar-refractivity contribution in [3.8, 4) is 11.1 Å². The standard InChI is InChI=1S/C23H25N3O3/c27-23(24-14-16-4-5-16)19-3-1-2-17(12-19)18-6-7-20-21(25-29-22(20)13-18)15-26-8-10-28-11-9-26/h1-3,6-7,12-13,16H,4-5,8-11,14-15H2,(H,24,27). The van der Waals surface area contributed by atoms with Gasteiger partial charge in [0.1, 0.15) is 5.69 Å². The van der Waals surface area contributed by atoms with Crippen molar-refractivity contribution in [1.29, 1.82) is 0 Å². The molecule has 0 radical (unpaired) electrons. The minimum absolute atomic E-state index is 0.00714. The first-order valence-electron chi connectivity index (χ1n) is 10.3. The Kier molecular flexibility index (Phi) is 5.04. The second kappa shape index (κ2) is 7.97. The number of hydrogen-bond donors (Lipinski definition) is 1. The molecule has 29 heavy (non-hydrogen) atoms. The largest absolute Gasteiger partial charge is 0.379 e. The molecule has 2 aromatic carbocycles. The maximum atomic E-state index is 12.4. The number of morpholine rings is 1. The number of nitrogens with one attached hydrogen (secondary N) is 1. The highest BCUT2D eigenvalue weighted by molar-refractivity contribution is 5.95.